The van der Waals surface area contributed by atoms with Gasteiger partial charge in [-0.2, -0.15) is 16.9 Å². The molecular formula is C17H19N3O4S. The highest BCUT2D eigenvalue weighted by atomic mass is 32.2. The molecule has 2 aromatic rings. The maximum atomic E-state index is 13.0. The van der Waals surface area contributed by atoms with Crippen molar-refractivity contribution in [2.24, 2.45) is 0 Å². The number of aliphatic carboxylic acids is 1. The minimum Gasteiger partial charge on any atom is -0.493 e. The molecule has 1 aromatic heterocycles. The van der Waals surface area contributed by atoms with Crippen LogP contribution >= 0.6 is 11.8 Å². The molecular weight excluding hydrogens is 342 g/mol. The van der Waals surface area contributed by atoms with E-state index in [1.54, 1.807) is 27.5 Å². The number of hydrogen-bond donors (Lipinski definition) is 1. The van der Waals surface area contributed by atoms with E-state index in [0.29, 0.717) is 18.0 Å². The second kappa shape index (κ2) is 7.60. The molecule has 25 heavy (non-hydrogen) atoms. The fourth-order valence-corrected chi connectivity index (χ4v) is 3.86. The largest absolute Gasteiger partial charge is 0.493 e. The third-order valence-electron chi connectivity index (χ3n) is 4.02. The van der Waals surface area contributed by atoms with Crippen molar-refractivity contribution in [1.82, 2.24) is 14.7 Å². The van der Waals surface area contributed by atoms with Crippen molar-refractivity contribution in [3.8, 4) is 11.4 Å². The molecule has 1 atom stereocenters. The lowest BCUT2D eigenvalue weighted by molar-refractivity contribution is -0.138. The molecule has 1 fully saturated rings. The van der Waals surface area contributed by atoms with Crippen molar-refractivity contribution >= 4 is 23.6 Å². The number of carbonyl (C=O) groups is 2. The number of ether oxygens (including phenoxy) is 1. The van der Waals surface area contributed by atoms with Gasteiger partial charge in [0.25, 0.3) is 5.91 Å². The normalized spacial score (nSPS) is 17.3. The molecule has 1 amide bonds. The SMILES string of the molecule is COc1cn(-c2ccccc2)nc1C(=O)N1CCSCC1CC(=O)O. The first-order valence-electron chi connectivity index (χ1n) is 7.89. The maximum Gasteiger partial charge on any atom is 0.305 e. The van der Waals surface area contributed by atoms with Crippen molar-refractivity contribution < 1.29 is 19.4 Å². The highest BCUT2D eigenvalue weighted by Gasteiger charge is 2.32. The summed E-state index contributed by atoms with van der Waals surface area (Å²) in [5.41, 5.74) is 1.02. The number of hydrogen-bond acceptors (Lipinski definition) is 5. The number of aromatic nitrogens is 2. The summed E-state index contributed by atoms with van der Waals surface area (Å²) in [6, 6.07) is 9.09. The second-order valence-corrected chi connectivity index (χ2v) is 6.80. The van der Waals surface area contributed by atoms with Crippen molar-refractivity contribution in [2.75, 3.05) is 25.2 Å². The predicted molar refractivity (Wildman–Crippen MR) is 94.5 cm³/mol. The second-order valence-electron chi connectivity index (χ2n) is 5.65. The Bertz CT molecular complexity index is 763. The fourth-order valence-electron chi connectivity index (χ4n) is 2.80. The fraction of sp³-hybridized carbons (Fsp3) is 0.353. The molecule has 0 radical (unpaired) electrons. The number of thioether (sulfide) groups is 1. The predicted octanol–water partition coefficient (Wildman–Crippen LogP) is 1.91. The first-order chi connectivity index (χ1) is 12.1. The number of rotatable bonds is 5. The van der Waals surface area contributed by atoms with Crippen LogP contribution in [0.5, 0.6) is 5.75 Å². The molecule has 0 bridgehead atoms. The van der Waals surface area contributed by atoms with E-state index in [4.69, 9.17) is 9.84 Å². The molecule has 1 N–H and O–H groups in total. The summed E-state index contributed by atoms with van der Waals surface area (Å²) in [4.78, 5) is 25.7. The van der Waals surface area contributed by atoms with Crippen LogP contribution < -0.4 is 4.74 Å². The Morgan fingerprint density at radius 1 is 1.36 bits per heavy atom. The van der Waals surface area contributed by atoms with Crippen LogP contribution in [0.1, 0.15) is 16.9 Å². The van der Waals surface area contributed by atoms with Crippen LogP contribution in [0.4, 0.5) is 0 Å². The van der Waals surface area contributed by atoms with E-state index in [1.165, 1.54) is 7.11 Å². The lowest BCUT2D eigenvalue weighted by atomic mass is 10.1. The van der Waals surface area contributed by atoms with Crippen LogP contribution in [-0.4, -0.2) is 62.9 Å². The zero-order chi connectivity index (χ0) is 17.8. The first-order valence-corrected chi connectivity index (χ1v) is 9.05. The number of carbonyl (C=O) groups excluding carboxylic acids is 1. The zero-order valence-electron chi connectivity index (χ0n) is 13.8. The molecule has 132 valence electrons. The third kappa shape index (κ3) is 3.79. The van der Waals surface area contributed by atoms with Gasteiger partial charge in [0.05, 0.1) is 31.5 Å². The molecule has 7 nitrogen and oxygen atoms in total. The van der Waals surface area contributed by atoms with Crippen LogP contribution in [0.3, 0.4) is 0 Å². The molecule has 1 aliphatic rings. The van der Waals surface area contributed by atoms with Gasteiger partial charge in [0.2, 0.25) is 0 Å². The average molecular weight is 361 g/mol. The Morgan fingerprint density at radius 3 is 2.80 bits per heavy atom. The number of benzene rings is 1. The van der Waals surface area contributed by atoms with Crippen LogP contribution in [0, 0.1) is 0 Å². The Balaban J connectivity index is 1.90. The molecule has 2 heterocycles. The number of amides is 1. The quantitative estimate of drug-likeness (QED) is 0.876. The lowest BCUT2D eigenvalue weighted by Crippen LogP contribution is -2.47. The zero-order valence-corrected chi connectivity index (χ0v) is 14.6. The number of carboxylic acid groups (broad SMARTS) is 1. The summed E-state index contributed by atoms with van der Waals surface area (Å²) in [6.07, 6.45) is 1.59. The molecule has 0 spiro atoms. The Labute approximate surface area is 149 Å². The minimum absolute atomic E-state index is 0.0690. The number of methoxy groups -OCH3 is 1. The van der Waals surface area contributed by atoms with Crippen molar-refractivity contribution in [2.45, 2.75) is 12.5 Å². The van der Waals surface area contributed by atoms with E-state index in [2.05, 4.69) is 5.10 Å². The van der Waals surface area contributed by atoms with Gasteiger partial charge < -0.3 is 14.7 Å². The van der Waals surface area contributed by atoms with Gasteiger partial charge >= 0.3 is 5.97 Å². The van der Waals surface area contributed by atoms with E-state index >= 15 is 0 Å². The van der Waals surface area contributed by atoms with E-state index < -0.39 is 5.97 Å². The monoisotopic (exact) mass is 361 g/mol. The van der Waals surface area contributed by atoms with E-state index in [1.807, 2.05) is 30.3 Å². The molecule has 1 unspecified atom stereocenters. The van der Waals surface area contributed by atoms with Crippen LogP contribution in [0.2, 0.25) is 0 Å². The summed E-state index contributed by atoms with van der Waals surface area (Å²) in [6.45, 7) is 0.503. The molecule has 1 saturated heterocycles. The molecule has 1 aliphatic heterocycles. The van der Waals surface area contributed by atoms with Crippen LogP contribution in [0.15, 0.2) is 36.5 Å². The van der Waals surface area contributed by atoms with Crippen LogP contribution in [0.25, 0.3) is 5.69 Å². The number of nitrogens with zero attached hydrogens (tertiary/aromatic N) is 3. The summed E-state index contributed by atoms with van der Waals surface area (Å²) in [5, 5.41) is 13.5. The minimum atomic E-state index is -0.910. The molecule has 0 aliphatic carbocycles. The molecule has 3 rings (SSSR count). The van der Waals surface area contributed by atoms with E-state index in [-0.39, 0.29) is 24.1 Å². The summed E-state index contributed by atoms with van der Waals surface area (Å²) < 4.78 is 6.92. The number of carboxylic acids is 1. The lowest BCUT2D eigenvalue weighted by Gasteiger charge is -2.34. The molecule has 0 saturated carbocycles. The third-order valence-corrected chi connectivity index (χ3v) is 5.11. The first kappa shape index (κ1) is 17.3. The van der Waals surface area contributed by atoms with E-state index in [0.717, 1.165) is 11.4 Å². The summed E-state index contributed by atoms with van der Waals surface area (Å²) in [7, 11) is 1.49. The smallest absolute Gasteiger partial charge is 0.305 e. The topological polar surface area (TPSA) is 84.7 Å². The van der Waals surface area contributed by atoms with Gasteiger partial charge in [-0.1, -0.05) is 18.2 Å². The highest BCUT2D eigenvalue weighted by Crippen LogP contribution is 2.25. The van der Waals surface area contributed by atoms with Crippen molar-refractivity contribution in [3.05, 3.63) is 42.2 Å². The van der Waals surface area contributed by atoms with Gasteiger partial charge in [-0.25, -0.2) is 4.68 Å². The van der Waals surface area contributed by atoms with Gasteiger partial charge in [0.15, 0.2) is 11.4 Å². The van der Waals surface area contributed by atoms with Gasteiger partial charge in [0, 0.05) is 18.1 Å². The molecule has 1 aromatic carbocycles. The van der Waals surface area contributed by atoms with Crippen LogP contribution in [-0.2, 0) is 4.79 Å². The highest BCUT2D eigenvalue weighted by molar-refractivity contribution is 7.99. The Kier molecular flexibility index (Phi) is 5.28. The van der Waals surface area contributed by atoms with Crippen molar-refractivity contribution in [3.63, 3.8) is 0 Å². The average Bonchev–Trinajstić information content (AvgIpc) is 3.06. The van der Waals surface area contributed by atoms with Gasteiger partial charge in [-0.15, -0.1) is 0 Å². The van der Waals surface area contributed by atoms with Crippen molar-refractivity contribution in [1.29, 1.82) is 0 Å². The molecule has 8 heteroatoms. The van der Waals surface area contributed by atoms with E-state index in [9.17, 15) is 9.59 Å². The Morgan fingerprint density at radius 2 is 2.12 bits per heavy atom. The van der Waals surface area contributed by atoms with Gasteiger partial charge in [0.1, 0.15) is 0 Å². The Hall–Kier alpha value is -2.48. The standard InChI is InChI=1S/C17H19N3O4S/c1-24-14-10-20(12-5-3-2-4-6-12)18-16(14)17(23)19-7-8-25-11-13(19)9-15(21)22/h2-6,10,13H,7-9,11H2,1H3,(H,21,22). The maximum absolute atomic E-state index is 13.0. The van der Waals surface area contributed by atoms with Gasteiger partial charge in [-0.3, -0.25) is 9.59 Å². The van der Waals surface area contributed by atoms with Gasteiger partial charge in [-0.05, 0) is 12.1 Å². The summed E-state index contributed by atoms with van der Waals surface area (Å²) >= 11 is 1.66. The number of para-hydroxylation sites is 1. The summed E-state index contributed by atoms with van der Waals surface area (Å²) in [5.74, 6) is 0.565.